The molecule has 1 atom stereocenters. The number of carbonyl (C=O) groups is 1. The van der Waals surface area contributed by atoms with E-state index in [2.05, 4.69) is 31.2 Å². The summed E-state index contributed by atoms with van der Waals surface area (Å²) in [5.41, 5.74) is 1.61. The topological polar surface area (TPSA) is 85.8 Å². The van der Waals surface area contributed by atoms with Gasteiger partial charge in [-0.15, -0.1) is 0 Å². The quantitative estimate of drug-likeness (QED) is 0.546. The van der Waals surface area contributed by atoms with Crippen LogP contribution >= 0.6 is 15.9 Å². The Labute approximate surface area is 182 Å². The number of esters is 1. The summed E-state index contributed by atoms with van der Waals surface area (Å²) in [6.07, 6.45) is 1.16. The number of likely N-dealkylation sites (N-methyl/N-ethyl adjacent to an activating group) is 1. The number of rotatable bonds is 6. The van der Waals surface area contributed by atoms with E-state index in [1.165, 1.54) is 6.33 Å². The summed E-state index contributed by atoms with van der Waals surface area (Å²) in [5, 5.41) is 4.10. The zero-order valence-electron chi connectivity index (χ0n) is 16.6. The summed E-state index contributed by atoms with van der Waals surface area (Å²) in [6.45, 7) is 1.12. The standard InChI is InChI=1S/C21H21BrN4O4/c1-26-9-15(30-20(27)10-26)11-29-19-7-16-17(8-18(19)28-2)23-12-24-21(16)25-14-5-3-4-13(22)6-14/h3-8,12,15H,9-11H2,1-2H3,(H,23,24,25). The van der Waals surface area contributed by atoms with Gasteiger partial charge in [0, 0.05) is 28.2 Å². The van der Waals surface area contributed by atoms with Gasteiger partial charge < -0.3 is 19.5 Å². The van der Waals surface area contributed by atoms with Crippen molar-refractivity contribution in [1.82, 2.24) is 14.9 Å². The molecule has 2 aromatic carbocycles. The highest BCUT2D eigenvalue weighted by atomic mass is 79.9. The van der Waals surface area contributed by atoms with Gasteiger partial charge in [-0.05, 0) is 31.3 Å². The summed E-state index contributed by atoms with van der Waals surface area (Å²) >= 11 is 3.47. The molecule has 0 saturated carbocycles. The Morgan fingerprint density at radius 1 is 1.27 bits per heavy atom. The molecular weight excluding hydrogens is 452 g/mol. The maximum absolute atomic E-state index is 11.7. The van der Waals surface area contributed by atoms with Crippen molar-refractivity contribution >= 4 is 44.3 Å². The van der Waals surface area contributed by atoms with Gasteiger partial charge in [-0.2, -0.15) is 0 Å². The molecule has 1 aliphatic rings. The summed E-state index contributed by atoms with van der Waals surface area (Å²) in [7, 11) is 3.45. The van der Waals surface area contributed by atoms with E-state index in [-0.39, 0.29) is 25.2 Å². The van der Waals surface area contributed by atoms with Crippen LogP contribution in [0.4, 0.5) is 11.5 Å². The van der Waals surface area contributed by atoms with E-state index < -0.39 is 0 Å². The number of hydrogen-bond donors (Lipinski definition) is 1. The van der Waals surface area contributed by atoms with Crippen LogP contribution in [0.25, 0.3) is 10.9 Å². The van der Waals surface area contributed by atoms with E-state index in [1.807, 2.05) is 42.3 Å². The third-order valence-corrected chi connectivity index (χ3v) is 5.14. The Bertz CT molecular complexity index is 1080. The fourth-order valence-corrected chi connectivity index (χ4v) is 3.70. The molecular formula is C21H21BrN4O4. The lowest BCUT2D eigenvalue weighted by Gasteiger charge is -2.29. The monoisotopic (exact) mass is 472 g/mol. The average molecular weight is 473 g/mol. The van der Waals surface area contributed by atoms with E-state index in [9.17, 15) is 4.79 Å². The number of aromatic nitrogens is 2. The van der Waals surface area contributed by atoms with Crippen molar-refractivity contribution in [2.75, 3.05) is 39.2 Å². The second kappa shape index (κ2) is 8.85. The number of halogens is 1. The second-order valence-electron chi connectivity index (χ2n) is 7.00. The van der Waals surface area contributed by atoms with Gasteiger partial charge in [0.25, 0.3) is 0 Å². The number of morpholine rings is 1. The van der Waals surface area contributed by atoms with Crippen LogP contribution in [0.15, 0.2) is 47.2 Å². The molecule has 156 valence electrons. The molecule has 3 aromatic rings. The van der Waals surface area contributed by atoms with Crippen molar-refractivity contribution in [1.29, 1.82) is 0 Å². The molecule has 1 saturated heterocycles. The minimum atomic E-state index is -0.344. The third-order valence-electron chi connectivity index (χ3n) is 4.65. The zero-order chi connectivity index (χ0) is 21.1. The number of benzene rings is 2. The number of methoxy groups -OCH3 is 1. The highest BCUT2D eigenvalue weighted by molar-refractivity contribution is 9.10. The van der Waals surface area contributed by atoms with Crippen LogP contribution in [0.1, 0.15) is 0 Å². The van der Waals surface area contributed by atoms with Crippen LogP contribution in [0.2, 0.25) is 0 Å². The fourth-order valence-electron chi connectivity index (χ4n) is 3.30. The Morgan fingerprint density at radius 2 is 2.13 bits per heavy atom. The van der Waals surface area contributed by atoms with Gasteiger partial charge in [0.05, 0.1) is 19.2 Å². The molecule has 1 unspecified atom stereocenters. The zero-order valence-corrected chi connectivity index (χ0v) is 18.2. The summed E-state index contributed by atoms with van der Waals surface area (Å²) < 4.78 is 17.8. The molecule has 1 aromatic heterocycles. The van der Waals surface area contributed by atoms with Gasteiger partial charge in [0.15, 0.2) is 11.5 Å². The number of ether oxygens (including phenoxy) is 3. The Morgan fingerprint density at radius 3 is 2.90 bits per heavy atom. The molecule has 8 nitrogen and oxygen atoms in total. The van der Waals surface area contributed by atoms with Crippen molar-refractivity contribution in [2.45, 2.75) is 6.10 Å². The number of carbonyl (C=O) groups excluding carboxylic acids is 1. The molecule has 1 aliphatic heterocycles. The van der Waals surface area contributed by atoms with Gasteiger partial charge in [-0.3, -0.25) is 9.69 Å². The molecule has 0 amide bonds. The minimum Gasteiger partial charge on any atom is -0.493 e. The number of nitrogens with zero attached hydrogens (tertiary/aromatic N) is 3. The molecule has 0 bridgehead atoms. The maximum Gasteiger partial charge on any atom is 0.320 e. The lowest BCUT2D eigenvalue weighted by atomic mass is 10.2. The molecule has 4 rings (SSSR count). The SMILES string of the molecule is COc1cc2ncnc(Nc3cccc(Br)c3)c2cc1OCC1CN(C)CC(=O)O1. The average Bonchev–Trinajstić information content (AvgIpc) is 2.71. The molecule has 9 heteroatoms. The largest absolute Gasteiger partial charge is 0.493 e. The maximum atomic E-state index is 11.7. The van der Waals surface area contributed by atoms with Gasteiger partial charge >= 0.3 is 5.97 Å². The lowest BCUT2D eigenvalue weighted by molar-refractivity contribution is -0.159. The molecule has 1 N–H and O–H groups in total. The number of cyclic esters (lactones) is 1. The summed E-state index contributed by atoms with van der Waals surface area (Å²) in [4.78, 5) is 22.3. The normalized spacial score (nSPS) is 16.9. The van der Waals surface area contributed by atoms with Gasteiger partial charge in [-0.25, -0.2) is 9.97 Å². The Kier molecular flexibility index (Phi) is 6.01. The third kappa shape index (κ3) is 4.63. The number of anilines is 2. The number of nitrogens with one attached hydrogen (secondary N) is 1. The van der Waals surface area contributed by atoms with Crippen LogP contribution in [0.3, 0.4) is 0 Å². The molecule has 0 aliphatic carbocycles. The predicted molar refractivity (Wildman–Crippen MR) is 116 cm³/mol. The van der Waals surface area contributed by atoms with Crippen LogP contribution in [0.5, 0.6) is 11.5 Å². The Balaban J connectivity index is 1.61. The van der Waals surface area contributed by atoms with Gasteiger partial charge in [0.2, 0.25) is 0 Å². The Hall–Kier alpha value is -2.91. The van der Waals surface area contributed by atoms with Gasteiger partial charge in [-0.1, -0.05) is 22.0 Å². The van der Waals surface area contributed by atoms with E-state index >= 15 is 0 Å². The first-order chi connectivity index (χ1) is 14.5. The molecule has 0 radical (unpaired) electrons. The van der Waals surface area contributed by atoms with Crippen molar-refractivity contribution in [3.63, 3.8) is 0 Å². The predicted octanol–water partition coefficient (Wildman–Crippen LogP) is 3.38. The van der Waals surface area contributed by atoms with Crippen molar-refractivity contribution in [3.8, 4) is 11.5 Å². The smallest absolute Gasteiger partial charge is 0.320 e. The van der Waals surface area contributed by atoms with Crippen LogP contribution in [-0.4, -0.2) is 60.8 Å². The lowest BCUT2D eigenvalue weighted by Crippen LogP contribution is -2.45. The first-order valence-electron chi connectivity index (χ1n) is 9.38. The first-order valence-corrected chi connectivity index (χ1v) is 10.2. The number of hydrogen-bond acceptors (Lipinski definition) is 8. The highest BCUT2D eigenvalue weighted by Gasteiger charge is 2.25. The van der Waals surface area contributed by atoms with E-state index in [0.29, 0.717) is 23.9 Å². The molecule has 2 heterocycles. The van der Waals surface area contributed by atoms with E-state index in [1.54, 1.807) is 13.2 Å². The van der Waals surface area contributed by atoms with Crippen LogP contribution < -0.4 is 14.8 Å². The second-order valence-corrected chi connectivity index (χ2v) is 7.91. The minimum absolute atomic E-state index is 0.222. The van der Waals surface area contributed by atoms with Gasteiger partial charge in [0.1, 0.15) is 24.9 Å². The summed E-state index contributed by atoms with van der Waals surface area (Å²) in [5.74, 6) is 1.47. The van der Waals surface area contributed by atoms with Crippen molar-refractivity contribution in [2.24, 2.45) is 0 Å². The molecule has 0 spiro atoms. The van der Waals surface area contributed by atoms with Crippen molar-refractivity contribution < 1.29 is 19.0 Å². The number of fused-ring (bicyclic) bond motifs is 1. The molecule has 30 heavy (non-hydrogen) atoms. The van der Waals surface area contributed by atoms with Crippen LogP contribution in [0, 0.1) is 0 Å². The highest BCUT2D eigenvalue weighted by Crippen LogP contribution is 2.35. The van der Waals surface area contributed by atoms with E-state index in [0.717, 1.165) is 21.1 Å². The fraction of sp³-hybridized carbons (Fsp3) is 0.286. The van der Waals surface area contributed by atoms with Crippen molar-refractivity contribution in [3.05, 3.63) is 47.2 Å². The van der Waals surface area contributed by atoms with E-state index in [4.69, 9.17) is 14.2 Å². The molecule has 1 fully saturated rings. The first kappa shape index (κ1) is 20.4. The van der Waals surface area contributed by atoms with Crippen LogP contribution in [-0.2, 0) is 9.53 Å². The summed E-state index contributed by atoms with van der Waals surface area (Å²) in [6, 6.07) is 11.4.